The van der Waals surface area contributed by atoms with Crippen LogP contribution in [-0.2, 0) is 6.54 Å². The van der Waals surface area contributed by atoms with Gasteiger partial charge in [-0.1, -0.05) is 0 Å². The van der Waals surface area contributed by atoms with Gasteiger partial charge in [0.1, 0.15) is 5.82 Å². The van der Waals surface area contributed by atoms with Crippen LogP contribution in [0.15, 0.2) is 12.4 Å². The van der Waals surface area contributed by atoms with E-state index in [1.54, 1.807) is 6.20 Å². The fourth-order valence-electron chi connectivity index (χ4n) is 1.57. The lowest BCUT2D eigenvalue weighted by molar-refractivity contribution is 0.0977. The van der Waals surface area contributed by atoms with Gasteiger partial charge in [-0.15, -0.1) is 0 Å². The molecule has 0 aliphatic rings. The van der Waals surface area contributed by atoms with Gasteiger partial charge in [-0.2, -0.15) is 0 Å². The molecule has 0 aliphatic heterocycles. The first-order chi connectivity index (χ1) is 7.32. The van der Waals surface area contributed by atoms with Crippen LogP contribution in [0.25, 0.3) is 0 Å². The molecule has 0 spiro atoms. The Morgan fingerprint density at radius 3 is 2.56 bits per heavy atom. The van der Waals surface area contributed by atoms with Crippen molar-refractivity contribution < 1.29 is 9.90 Å². The summed E-state index contributed by atoms with van der Waals surface area (Å²) in [6.07, 6.45) is 2.69. The minimum absolute atomic E-state index is 0.375. The van der Waals surface area contributed by atoms with Gasteiger partial charge in [-0.05, 0) is 27.7 Å². The molecule has 1 heterocycles. The Balaban J connectivity index is 2.65. The average Bonchev–Trinajstić information content (AvgIpc) is 2.49. The Morgan fingerprint density at radius 1 is 1.56 bits per heavy atom. The zero-order valence-electron chi connectivity index (χ0n) is 10.3. The van der Waals surface area contributed by atoms with Gasteiger partial charge in [-0.3, -0.25) is 0 Å². The van der Waals surface area contributed by atoms with E-state index < -0.39 is 6.09 Å². The van der Waals surface area contributed by atoms with Gasteiger partial charge < -0.3 is 14.6 Å². The zero-order chi connectivity index (χ0) is 12.3. The molecule has 5 heteroatoms. The third-order valence-electron chi connectivity index (χ3n) is 2.53. The highest BCUT2D eigenvalue weighted by atomic mass is 16.4. The summed E-state index contributed by atoms with van der Waals surface area (Å²) in [5, 5.41) is 9.11. The second-order valence-corrected chi connectivity index (χ2v) is 4.77. The van der Waals surface area contributed by atoms with E-state index in [0.717, 1.165) is 5.82 Å². The number of carbonyl (C=O) groups is 1. The van der Waals surface area contributed by atoms with E-state index in [4.69, 9.17) is 5.11 Å². The highest BCUT2D eigenvalue weighted by Gasteiger charge is 2.25. The van der Waals surface area contributed by atoms with Crippen LogP contribution < -0.4 is 0 Å². The quantitative estimate of drug-likeness (QED) is 0.855. The van der Waals surface area contributed by atoms with Crippen LogP contribution in [0, 0.1) is 6.92 Å². The third-order valence-corrected chi connectivity index (χ3v) is 2.53. The summed E-state index contributed by atoms with van der Waals surface area (Å²) in [7, 11) is 0. The summed E-state index contributed by atoms with van der Waals surface area (Å²) in [5.74, 6) is 0.902. The molecule has 5 nitrogen and oxygen atoms in total. The lowest BCUT2D eigenvalue weighted by atomic mass is 10.1. The second-order valence-electron chi connectivity index (χ2n) is 4.77. The first-order valence-corrected chi connectivity index (χ1v) is 5.30. The van der Waals surface area contributed by atoms with Crippen LogP contribution >= 0.6 is 0 Å². The SMILES string of the molecule is Cc1nccn1CCN(C(=O)O)C(C)(C)C. The molecule has 0 unspecified atom stereocenters. The molecule has 0 atom stereocenters. The van der Waals surface area contributed by atoms with Crippen LogP contribution in [0.2, 0.25) is 0 Å². The van der Waals surface area contributed by atoms with Crippen LogP contribution in [0.4, 0.5) is 4.79 Å². The highest BCUT2D eigenvalue weighted by Crippen LogP contribution is 2.13. The van der Waals surface area contributed by atoms with Crippen LogP contribution in [-0.4, -0.2) is 37.7 Å². The molecule has 0 fully saturated rings. The van der Waals surface area contributed by atoms with Gasteiger partial charge in [0.2, 0.25) is 0 Å². The van der Waals surface area contributed by atoms with Crippen molar-refractivity contribution in [3.63, 3.8) is 0 Å². The van der Waals surface area contributed by atoms with Crippen molar-refractivity contribution in [1.82, 2.24) is 14.5 Å². The maximum absolute atomic E-state index is 11.1. The Kier molecular flexibility index (Phi) is 3.57. The molecule has 1 N–H and O–H groups in total. The normalized spacial score (nSPS) is 11.5. The van der Waals surface area contributed by atoms with E-state index in [0.29, 0.717) is 13.1 Å². The lowest BCUT2D eigenvalue weighted by Gasteiger charge is -2.33. The van der Waals surface area contributed by atoms with Crippen molar-refractivity contribution in [2.24, 2.45) is 0 Å². The zero-order valence-corrected chi connectivity index (χ0v) is 10.3. The van der Waals surface area contributed by atoms with Gasteiger partial charge >= 0.3 is 6.09 Å². The smallest absolute Gasteiger partial charge is 0.407 e. The number of imidazole rings is 1. The van der Waals surface area contributed by atoms with E-state index in [9.17, 15) is 4.79 Å². The number of carboxylic acid groups (broad SMARTS) is 1. The molecule has 90 valence electrons. The first kappa shape index (κ1) is 12.5. The van der Waals surface area contributed by atoms with Gasteiger partial charge in [0.05, 0.1) is 0 Å². The number of amides is 1. The number of nitrogens with zero attached hydrogens (tertiary/aromatic N) is 3. The molecule has 0 aliphatic carbocycles. The largest absolute Gasteiger partial charge is 0.465 e. The number of hydrogen-bond donors (Lipinski definition) is 1. The summed E-state index contributed by atoms with van der Waals surface area (Å²) in [5.41, 5.74) is -0.375. The summed E-state index contributed by atoms with van der Waals surface area (Å²) in [6.45, 7) is 8.68. The van der Waals surface area contributed by atoms with Crippen molar-refractivity contribution in [2.75, 3.05) is 6.54 Å². The molecule has 0 bridgehead atoms. The van der Waals surface area contributed by atoms with Gasteiger partial charge in [-0.25, -0.2) is 9.78 Å². The molecule has 0 saturated heterocycles. The number of aromatic nitrogens is 2. The number of hydrogen-bond acceptors (Lipinski definition) is 2. The summed E-state index contributed by atoms with van der Waals surface area (Å²) < 4.78 is 1.95. The fourth-order valence-corrected chi connectivity index (χ4v) is 1.57. The third kappa shape index (κ3) is 2.98. The Hall–Kier alpha value is -1.52. The lowest BCUT2D eigenvalue weighted by Crippen LogP contribution is -2.46. The van der Waals surface area contributed by atoms with Crippen molar-refractivity contribution >= 4 is 6.09 Å². The van der Waals surface area contributed by atoms with Crippen molar-refractivity contribution in [3.05, 3.63) is 18.2 Å². The van der Waals surface area contributed by atoms with Gasteiger partial charge in [0, 0.05) is 31.0 Å². The molecule has 1 rings (SSSR count). The molecule has 1 aromatic rings. The predicted molar refractivity (Wildman–Crippen MR) is 61.4 cm³/mol. The minimum atomic E-state index is -0.884. The molecular formula is C11H19N3O2. The topological polar surface area (TPSA) is 58.4 Å². The fraction of sp³-hybridized carbons (Fsp3) is 0.636. The molecule has 0 radical (unpaired) electrons. The Morgan fingerprint density at radius 2 is 2.19 bits per heavy atom. The minimum Gasteiger partial charge on any atom is -0.465 e. The van der Waals surface area contributed by atoms with E-state index in [1.807, 2.05) is 38.5 Å². The highest BCUT2D eigenvalue weighted by molar-refractivity contribution is 5.65. The van der Waals surface area contributed by atoms with Gasteiger partial charge in [0.15, 0.2) is 0 Å². The van der Waals surface area contributed by atoms with Crippen LogP contribution in [0.3, 0.4) is 0 Å². The van der Waals surface area contributed by atoms with E-state index >= 15 is 0 Å². The molecule has 1 aromatic heterocycles. The van der Waals surface area contributed by atoms with E-state index in [2.05, 4.69) is 4.98 Å². The van der Waals surface area contributed by atoms with E-state index in [-0.39, 0.29) is 5.54 Å². The van der Waals surface area contributed by atoms with Crippen LogP contribution in [0.1, 0.15) is 26.6 Å². The Bertz CT molecular complexity index is 366. The second kappa shape index (κ2) is 4.55. The molecule has 0 aromatic carbocycles. The standard InChI is InChI=1S/C11H19N3O2/c1-9-12-5-6-13(9)7-8-14(10(15)16)11(2,3)4/h5-6H,7-8H2,1-4H3,(H,15,16). The molecular weight excluding hydrogens is 206 g/mol. The predicted octanol–water partition coefficient (Wildman–Crippen LogP) is 1.97. The number of aryl methyl sites for hydroxylation is 1. The first-order valence-electron chi connectivity index (χ1n) is 5.30. The van der Waals surface area contributed by atoms with Crippen molar-refractivity contribution in [1.29, 1.82) is 0 Å². The number of rotatable bonds is 3. The van der Waals surface area contributed by atoms with Crippen molar-refractivity contribution in [2.45, 2.75) is 39.8 Å². The Labute approximate surface area is 95.7 Å². The maximum Gasteiger partial charge on any atom is 0.407 e. The molecule has 1 amide bonds. The molecule has 16 heavy (non-hydrogen) atoms. The molecule has 0 saturated carbocycles. The van der Waals surface area contributed by atoms with Crippen LogP contribution in [0.5, 0.6) is 0 Å². The average molecular weight is 225 g/mol. The monoisotopic (exact) mass is 225 g/mol. The summed E-state index contributed by atoms with van der Waals surface area (Å²) >= 11 is 0. The summed E-state index contributed by atoms with van der Waals surface area (Å²) in [6, 6.07) is 0. The van der Waals surface area contributed by atoms with E-state index in [1.165, 1.54) is 4.90 Å². The maximum atomic E-state index is 11.1. The van der Waals surface area contributed by atoms with Gasteiger partial charge in [0.25, 0.3) is 0 Å². The summed E-state index contributed by atoms with van der Waals surface area (Å²) in [4.78, 5) is 16.6. The van der Waals surface area contributed by atoms with Crippen molar-refractivity contribution in [3.8, 4) is 0 Å².